The van der Waals surface area contributed by atoms with E-state index in [0.717, 1.165) is 5.69 Å². The van der Waals surface area contributed by atoms with Crippen LogP contribution in [0.15, 0.2) is 16.8 Å². The van der Waals surface area contributed by atoms with Crippen LogP contribution in [-0.4, -0.2) is 41.9 Å². The van der Waals surface area contributed by atoms with E-state index in [-0.39, 0.29) is 18.3 Å². The highest BCUT2D eigenvalue weighted by Gasteiger charge is 2.16. The van der Waals surface area contributed by atoms with Gasteiger partial charge in [-0.3, -0.25) is 9.20 Å². The van der Waals surface area contributed by atoms with E-state index >= 15 is 0 Å². The highest BCUT2D eigenvalue weighted by Crippen LogP contribution is 2.06. The fraction of sp³-hybridized carbons (Fsp3) is 0.333. The zero-order valence-corrected chi connectivity index (χ0v) is 12.8. The predicted molar refractivity (Wildman–Crippen MR) is 78.2 cm³/mol. The van der Waals surface area contributed by atoms with Crippen LogP contribution in [-0.2, 0) is 12.3 Å². The SMILES string of the molecule is CSCc1noc(CNC(=O)c2nnc3nc(C)ccn23)n1. The Labute approximate surface area is 129 Å². The first-order valence-corrected chi connectivity index (χ1v) is 7.83. The summed E-state index contributed by atoms with van der Waals surface area (Å²) in [7, 11) is 0. The van der Waals surface area contributed by atoms with E-state index in [0.29, 0.717) is 23.2 Å². The average Bonchev–Trinajstić information content (AvgIpc) is 3.11. The molecule has 0 fully saturated rings. The fourth-order valence-electron chi connectivity index (χ4n) is 1.81. The molecule has 3 aromatic rings. The number of carbonyl (C=O) groups is 1. The van der Waals surface area contributed by atoms with E-state index in [1.165, 1.54) is 4.40 Å². The zero-order chi connectivity index (χ0) is 15.5. The maximum atomic E-state index is 12.2. The number of hydrogen-bond donors (Lipinski definition) is 1. The Balaban J connectivity index is 1.70. The van der Waals surface area contributed by atoms with Crippen molar-refractivity contribution in [2.45, 2.75) is 19.2 Å². The normalized spacial score (nSPS) is 11.0. The van der Waals surface area contributed by atoms with Gasteiger partial charge in [0, 0.05) is 11.9 Å². The lowest BCUT2D eigenvalue weighted by Crippen LogP contribution is -2.25. The monoisotopic (exact) mass is 319 g/mol. The van der Waals surface area contributed by atoms with Crippen LogP contribution in [0.3, 0.4) is 0 Å². The molecule has 1 amide bonds. The van der Waals surface area contributed by atoms with Crippen molar-refractivity contribution >= 4 is 23.4 Å². The number of fused-ring (bicyclic) bond motifs is 1. The van der Waals surface area contributed by atoms with Gasteiger partial charge in [-0.15, -0.1) is 10.2 Å². The molecule has 114 valence electrons. The molecular formula is C12H13N7O2S. The first-order chi connectivity index (χ1) is 10.7. The molecule has 0 unspecified atom stereocenters. The van der Waals surface area contributed by atoms with Crippen LogP contribution >= 0.6 is 11.8 Å². The van der Waals surface area contributed by atoms with Gasteiger partial charge in [0.2, 0.25) is 11.7 Å². The topological polar surface area (TPSA) is 111 Å². The van der Waals surface area contributed by atoms with E-state index in [1.54, 1.807) is 24.0 Å². The number of aromatic nitrogens is 6. The van der Waals surface area contributed by atoms with Crippen molar-refractivity contribution in [3.63, 3.8) is 0 Å². The molecule has 0 aliphatic heterocycles. The molecule has 10 heteroatoms. The highest BCUT2D eigenvalue weighted by atomic mass is 32.2. The maximum Gasteiger partial charge on any atom is 0.290 e. The molecule has 0 atom stereocenters. The second-order valence-electron chi connectivity index (χ2n) is 4.48. The first-order valence-electron chi connectivity index (χ1n) is 6.44. The molecule has 0 saturated heterocycles. The number of thioether (sulfide) groups is 1. The van der Waals surface area contributed by atoms with Crippen molar-refractivity contribution in [3.8, 4) is 0 Å². The van der Waals surface area contributed by atoms with Gasteiger partial charge in [0.25, 0.3) is 11.7 Å². The summed E-state index contributed by atoms with van der Waals surface area (Å²) in [5, 5.41) is 14.2. The summed E-state index contributed by atoms with van der Waals surface area (Å²) in [4.78, 5) is 20.5. The van der Waals surface area contributed by atoms with Gasteiger partial charge in [-0.25, -0.2) is 4.98 Å². The Morgan fingerprint density at radius 2 is 2.27 bits per heavy atom. The van der Waals surface area contributed by atoms with E-state index in [2.05, 4.69) is 30.6 Å². The molecule has 3 aromatic heterocycles. The van der Waals surface area contributed by atoms with Crippen LogP contribution in [0.25, 0.3) is 5.78 Å². The fourth-order valence-corrected chi connectivity index (χ4v) is 2.19. The minimum Gasteiger partial charge on any atom is -0.340 e. The van der Waals surface area contributed by atoms with Crippen molar-refractivity contribution in [2.75, 3.05) is 6.26 Å². The molecule has 0 radical (unpaired) electrons. The molecule has 0 aliphatic rings. The quantitative estimate of drug-likeness (QED) is 0.728. The van der Waals surface area contributed by atoms with Gasteiger partial charge in [-0.05, 0) is 19.2 Å². The Bertz CT molecular complexity index is 813. The Hall–Kier alpha value is -2.49. The Morgan fingerprint density at radius 1 is 1.41 bits per heavy atom. The Kier molecular flexibility index (Phi) is 4.00. The van der Waals surface area contributed by atoms with Gasteiger partial charge in [0.05, 0.1) is 12.3 Å². The van der Waals surface area contributed by atoms with Gasteiger partial charge in [0.1, 0.15) is 0 Å². The first kappa shape index (κ1) is 14.4. The number of aryl methyl sites for hydroxylation is 1. The number of carbonyl (C=O) groups excluding carboxylic acids is 1. The summed E-state index contributed by atoms with van der Waals surface area (Å²) in [5.74, 6) is 1.76. The lowest BCUT2D eigenvalue weighted by atomic mass is 10.4. The largest absolute Gasteiger partial charge is 0.340 e. The van der Waals surface area contributed by atoms with Crippen molar-refractivity contribution < 1.29 is 9.32 Å². The third kappa shape index (κ3) is 2.91. The summed E-state index contributed by atoms with van der Waals surface area (Å²) in [6, 6.07) is 1.78. The summed E-state index contributed by atoms with van der Waals surface area (Å²) in [6.45, 7) is 1.98. The second kappa shape index (κ2) is 6.10. The molecule has 0 aromatic carbocycles. The molecule has 3 heterocycles. The summed E-state index contributed by atoms with van der Waals surface area (Å²) in [5.41, 5.74) is 0.805. The molecule has 0 bridgehead atoms. The van der Waals surface area contributed by atoms with Gasteiger partial charge >= 0.3 is 0 Å². The van der Waals surface area contributed by atoms with E-state index < -0.39 is 0 Å². The van der Waals surface area contributed by atoms with Gasteiger partial charge in [0.15, 0.2) is 5.82 Å². The van der Waals surface area contributed by atoms with Gasteiger partial charge in [-0.2, -0.15) is 16.7 Å². The maximum absolute atomic E-state index is 12.2. The van der Waals surface area contributed by atoms with Crippen LogP contribution < -0.4 is 5.32 Å². The van der Waals surface area contributed by atoms with Crippen molar-refractivity contribution in [1.29, 1.82) is 0 Å². The number of nitrogens with zero attached hydrogens (tertiary/aromatic N) is 6. The molecular weight excluding hydrogens is 306 g/mol. The van der Waals surface area contributed by atoms with Crippen molar-refractivity contribution in [1.82, 2.24) is 35.0 Å². The Morgan fingerprint density at radius 3 is 3.09 bits per heavy atom. The van der Waals surface area contributed by atoms with Crippen molar-refractivity contribution in [2.24, 2.45) is 0 Å². The van der Waals surface area contributed by atoms with Crippen LogP contribution in [0.1, 0.15) is 28.0 Å². The van der Waals surface area contributed by atoms with Gasteiger partial charge in [-0.1, -0.05) is 5.16 Å². The molecule has 1 N–H and O–H groups in total. The predicted octanol–water partition coefficient (Wildman–Crippen LogP) is 0.609. The van der Waals surface area contributed by atoms with Crippen molar-refractivity contribution in [3.05, 3.63) is 35.5 Å². The lowest BCUT2D eigenvalue weighted by molar-refractivity contribution is 0.0934. The van der Waals surface area contributed by atoms with E-state index in [4.69, 9.17) is 4.52 Å². The van der Waals surface area contributed by atoms with Crippen LogP contribution in [0, 0.1) is 6.92 Å². The third-order valence-corrected chi connectivity index (χ3v) is 3.35. The van der Waals surface area contributed by atoms with Gasteiger partial charge < -0.3 is 9.84 Å². The van der Waals surface area contributed by atoms with E-state index in [9.17, 15) is 4.79 Å². The van der Waals surface area contributed by atoms with Crippen LogP contribution in [0.4, 0.5) is 0 Å². The molecule has 0 aliphatic carbocycles. The highest BCUT2D eigenvalue weighted by molar-refractivity contribution is 7.97. The van der Waals surface area contributed by atoms with Crippen LogP contribution in [0.2, 0.25) is 0 Å². The number of hydrogen-bond acceptors (Lipinski definition) is 8. The number of amides is 1. The number of nitrogens with one attached hydrogen (secondary N) is 1. The molecule has 22 heavy (non-hydrogen) atoms. The zero-order valence-electron chi connectivity index (χ0n) is 12.0. The minimum absolute atomic E-state index is 0.133. The second-order valence-corrected chi connectivity index (χ2v) is 5.35. The minimum atomic E-state index is -0.386. The molecule has 0 spiro atoms. The number of rotatable bonds is 5. The lowest BCUT2D eigenvalue weighted by Gasteiger charge is -2.00. The van der Waals surface area contributed by atoms with Crippen LogP contribution in [0.5, 0.6) is 0 Å². The standard InChI is InChI=1S/C12H13N7O2S/c1-7-3-4-19-10(16-17-12(19)14-7)11(20)13-5-9-15-8(6-22-2)18-21-9/h3-4H,5-6H2,1-2H3,(H,13,20). The summed E-state index contributed by atoms with van der Waals surface area (Å²) < 4.78 is 6.57. The molecule has 3 rings (SSSR count). The smallest absolute Gasteiger partial charge is 0.290 e. The average molecular weight is 319 g/mol. The third-order valence-electron chi connectivity index (χ3n) is 2.81. The summed E-state index contributed by atoms with van der Waals surface area (Å²) in [6.07, 6.45) is 3.65. The summed E-state index contributed by atoms with van der Waals surface area (Å²) >= 11 is 1.59. The molecule has 0 saturated carbocycles. The molecule has 9 nitrogen and oxygen atoms in total. The van der Waals surface area contributed by atoms with E-state index in [1.807, 2.05) is 13.2 Å².